The third-order valence-electron chi connectivity index (χ3n) is 2.16. The Morgan fingerprint density at radius 1 is 1.38 bits per heavy atom. The van der Waals surface area contributed by atoms with Gasteiger partial charge in [0.15, 0.2) is 0 Å². The van der Waals surface area contributed by atoms with E-state index in [1.807, 2.05) is 0 Å². The summed E-state index contributed by atoms with van der Waals surface area (Å²) < 4.78 is 12.7. The van der Waals surface area contributed by atoms with Gasteiger partial charge in [-0.1, -0.05) is 6.07 Å². The van der Waals surface area contributed by atoms with Crippen molar-refractivity contribution in [1.29, 1.82) is 0 Å². The highest BCUT2D eigenvalue weighted by molar-refractivity contribution is 5.66. The number of fused-ring (bicyclic) bond motifs is 1. The lowest BCUT2D eigenvalue weighted by Gasteiger charge is -2.08. The summed E-state index contributed by atoms with van der Waals surface area (Å²) in [4.78, 5) is 11.8. The van der Waals surface area contributed by atoms with Gasteiger partial charge in [0, 0.05) is 13.1 Å². The topological polar surface area (TPSA) is 40.5 Å². The van der Waals surface area contributed by atoms with Crippen LogP contribution in [0.15, 0.2) is 18.2 Å². The van der Waals surface area contributed by atoms with Gasteiger partial charge in [-0.2, -0.15) is 0 Å². The summed E-state index contributed by atoms with van der Waals surface area (Å²) in [6, 6.07) is 4.37. The minimum atomic E-state index is -0.961. The molecule has 0 aliphatic carbocycles. The van der Waals surface area contributed by atoms with Crippen molar-refractivity contribution < 1.29 is 14.3 Å². The van der Waals surface area contributed by atoms with Gasteiger partial charge in [-0.3, -0.25) is 4.90 Å². The van der Waals surface area contributed by atoms with Gasteiger partial charge in [0.05, 0.1) is 0 Å². The number of nitrogens with zero attached hydrogens (tertiary/aromatic N) is 1. The third kappa shape index (κ3) is 1.35. The molecular weight excluding hydrogens is 173 g/mol. The number of rotatable bonds is 0. The van der Waals surface area contributed by atoms with Gasteiger partial charge in [0.1, 0.15) is 5.82 Å². The molecule has 0 bridgehead atoms. The number of carboxylic acid groups (broad SMARTS) is 1. The lowest BCUT2D eigenvalue weighted by atomic mass is 10.1. The molecule has 0 atom stereocenters. The Bertz CT molecular complexity index is 365. The molecule has 0 radical (unpaired) electrons. The Balaban J connectivity index is 2.30. The smallest absolute Gasteiger partial charge is 0.407 e. The van der Waals surface area contributed by atoms with Crippen LogP contribution >= 0.6 is 0 Å². The van der Waals surface area contributed by atoms with Crippen LogP contribution in [0.1, 0.15) is 11.1 Å². The zero-order chi connectivity index (χ0) is 9.42. The van der Waals surface area contributed by atoms with Crippen molar-refractivity contribution in [3.63, 3.8) is 0 Å². The molecule has 1 N–H and O–H groups in total. The van der Waals surface area contributed by atoms with Gasteiger partial charge < -0.3 is 5.11 Å². The SMILES string of the molecule is O=C(O)N1Cc2ccc(F)cc2C1. The number of benzene rings is 1. The lowest BCUT2D eigenvalue weighted by molar-refractivity contribution is 0.145. The molecule has 0 fully saturated rings. The zero-order valence-corrected chi connectivity index (χ0v) is 6.83. The molecule has 1 aliphatic heterocycles. The Kier molecular flexibility index (Phi) is 1.69. The summed E-state index contributed by atoms with van der Waals surface area (Å²) in [5, 5.41) is 8.69. The van der Waals surface area contributed by atoms with Crippen molar-refractivity contribution in [3.8, 4) is 0 Å². The first kappa shape index (κ1) is 8.04. The quantitative estimate of drug-likeness (QED) is 0.663. The van der Waals surface area contributed by atoms with E-state index in [0.717, 1.165) is 11.1 Å². The first-order chi connectivity index (χ1) is 6.16. The lowest BCUT2D eigenvalue weighted by Crippen LogP contribution is -2.22. The van der Waals surface area contributed by atoms with Crippen LogP contribution in [0.2, 0.25) is 0 Å². The number of amides is 1. The monoisotopic (exact) mass is 181 g/mol. The second-order valence-corrected chi connectivity index (χ2v) is 3.05. The molecule has 2 rings (SSSR count). The Morgan fingerprint density at radius 2 is 2.08 bits per heavy atom. The van der Waals surface area contributed by atoms with Gasteiger partial charge >= 0.3 is 6.09 Å². The van der Waals surface area contributed by atoms with Crippen LogP contribution in [0.3, 0.4) is 0 Å². The summed E-state index contributed by atoms with van der Waals surface area (Å²) in [5.74, 6) is -0.314. The third-order valence-corrected chi connectivity index (χ3v) is 2.16. The van der Waals surface area contributed by atoms with E-state index in [4.69, 9.17) is 5.11 Å². The van der Waals surface area contributed by atoms with Crippen LogP contribution in [0.5, 0.6) is 0 Å². The fourth-order valence-electron chi connectivity index (χ4n) is 1.50. The van der Waals surface area contributed by atoms with E-state index in [9.17, 15) is 9.18 Å². The molecule has 1 aromatic carbocycles. The second-order valence-electron chi connectivity index (χ2n) is 3.05. The molecule has 0 saturated heterocycles. The summed E-state index contributed by atoms with van der Waals surface area (Å²) >= 11 is 0. The fraction of sp³-hybridized carbons (Fsp3) is 0.222. The van der Waals surface area contributed by atoms with E-state index in [-0.39, 0.29) is 5.82 Å². The number of hydrogen-bond donors (Lipinski definition) is 1. The molecule has 3 nitrogen and oxygen atoms in total. The molecule has 1 amide bonds. The van der Waals surface area contributed by atoms with Gasteiger partial charge in [-0.15, -0.1) is 0 Å². The highest BCUT2D eigenvalue weighted by atomic mass is 19.1. The Hall–Kier alpha value is -1.58. The van der Waals surface area contributed by atoms with Gasteiger partial charge in [0.25, 0.3) is 0 Å². The molecule has 1 aliphatic rings. The maximum atomic E-state index is 12.7. The first-order valence-corrected chi connectivity index (χ1v) is 3.92. The minimum absolute atomic E-state index is 0.294. The summed E-state index contributed by atoms with van der Waals surface area (Å²) in [6.45, 7) is 0.660. The zero-order valence-electron chi connectivity index (χ0n) is 6.83. The molecule has 4 heteroatoms. The number of halogens is 1. The maximum Gasteiger partial charge on any atom is 0.407 e. The molecule has 68 valence electrons. The molecule has 13 heavy (non-hydrogen) atoms. The van der Waals surface area contributed by atoms with Crippen molar-refractivity contribution >= 4 is 6.09 Å². The minimum Gasteiger partial charge on any atom is -0.465 e. The summed E-state index contributed by atoms with van der Waals surface area (Å²) in [6.07, 6.45) is -0.961. The maximum absolute atomic E-state index is 12.7. The molecule has 0 unspecified atom stereocenters. The second kappa shape index (κ2) is 2.73. The molecule has 1 heterocycles. The standard InChI is InChI=1S/C9H8FNO2/c10-8-2-1-6-4-11(9(12)13)5-7(6)3-8/h1-3H,4-5H2,(H,12,13). The van der Waals surface area contributed by atoms with E-state index >= 15 is 0 Å². The average Bonchev–Trinajstić information content (AvgIpc) is 2.46. The van der Waals surface area contributed by atoms with Crippen molar-refractivity contribution in [2.75, 3.05) is 0 Å². The van der Waals surface area contributed by atoms with E-state index in [1.54, 1.807) is 6.07 Å². The van der Waals surface area contributed by atoms with E-state index < -0.39 is 6.09 Å². The first-order valence-electron chi connectivity index (χ1n) is 3.92. The van der Waals surface area contributed by atoms with Crippen molar-refractivity contribution in [3.05, 3.63) is 35.1 Å². The molecule has 0 saturated carbocycles. The number of hydrogen-bond acceptors (Lipinski definition) is 1. The van der Waals surface area contributed by atoms with E-state index in [1.165, 1.54) is 17.0 Å². The van der Waals surface area contributed by atoms with Crippen LogP contribution in [-0.4, -0.2) is 16.1 Å². The average molecular weight is 181 g/mol. The van der Waals surface area contributed by atoms with Gasteiger partial charge in [0.2, 0.25) is 0 Å². The Labute approximate surface area is 74.4 Å². The molecular formula is C9H8FNO2. The van der Waals surface area contributed by atoms with Gasteiger partial charge in [-0.25, -0.2) is 9.18 Å². The van der Waals surface area contributed by atoms with Gasteiger partial charge in [-0.05, 0) is 23.3 Å². The van der Waals surface area contributed by atoms with Crippen LogP contribution in [-0.2, 0) is 13.1 Å². The van der Waals surface area contributed by atoms with Crippen LogP contribution in [0, 0.1) is 5.82 Å². The highest BCUT2D eigenvalue weighted by Crippen LogP contribution is 2.23. The molecule has 0 aromatic heterocycles. The highest BCUT2D eigenvalue weighted by Gasteiger charge is 2.22. The fourth-order valence-corrected chi connectivity index (χ4v) is 1.50. The summed E-state index contributed by atoms with van der Waals surface area (Å²) in [7, 11) is 0. The molecule has 0 spiro atoms. The van der Waals surface area contributed by atoms with Crippen LogP contribution in [0.4, 0.5) is 9.18 Å². The molecule has 1 aromatic rings. The number of carbonyl (C=O) groups is 1. The largest absolute Gasteiger partial charge is 0.465 e. The van der Waals surface area contributed by atoms with Crippen molar-refractivity contribution in [1.82, 2.24) is 4.90 Å². The predicted octanol–water partition coefficient (Wildman–Crippen LogP) is 1.82. The normalized spacial score (nSPS) is 14.4. The van der Waals surface area contributed by atoms with Crippen molar-refractivity contribution in [2.45, 2.75) is 13.1 Å². The predicted molar refractivity (Wildman–Crippen MR) is 43.7 cm³/mol. The summed E-state index contributed by atoms with van der Waals surface area (Å²) in [5.41, 5.74) is 1.66. The van der Waals surface area contributed by atoms with Crippen LogP contribution < -0.4 is 0 Å². The van der Waals surface area contributed by atoms with E-state index in [0.29, 0.717) is 13.1 Å². The van der Waals surface area contributed by atoms with Crippen LogP contribution in [0.25, 0.3) is 0 Å². The Morgan fingerprint density at radius 3 is 2.77 bits per heavy atom. The van der Waals surface area contributed by atoms with Crippen molar-refractivity contribution in [2.24, 2.45) is 0 Å². The van der Waals surface area contributed by atoms with E-state index in [2.05, 4.69) is 0 Å².